The van der Waals surface area contributed by atoms with Crippen LogP contribution in [0.15, 0.2) is 0 Å². The SMILES string of the molecule is O=C(O)CCSCCC1CCCC(SCCC(=O)O)C1. The Hall–Kier alpha value is -0.360. The zero-order valence-corrected chi connectivity index (χ0v) is 13.4. The minimum absolute atomic E-state index is 0.253. The van der Waals surface area contributed by atoms with E-state index < -0.39 is 11.9 Å². The van der Waals surface area contributed by atoms with Crippen LogP contribution in [0.25, 0.3) is 0 Å². The Morgan fingerprint density at radius 2 is 1.70 bits per heavy atom. The molecule has 20 heavy (non-hydrogen) atoms. The van der Waals surface area contributed by atoms with Gasteiger partial charge in [0, 0.05) is 16.8 Å². The predicted molar refractivity (Wildman–Crippen MR) is 84.7 cm³/mol. The Kier molecular flexibility index (Phi) is 9.18. The lowest BCUT2D eigenvalue weighted by Gasteiger charge is -2.28. The topological polar surface area (TPSA) is 74.6 Å². The first-order valence-corrected chi connectivity index (χ1v) is 9.41. The highest BCUT2D eigenvalue weighted by atomic mass is 32.2. The molecule has 4 nitrogen and oxygen atoms in total. The quantitative estimate of drug-likeness (QED) is 0.601. The van der Waals surface area contributed by atoms with Gasteiger partial charge in [0.05, 0.1) is 12.8 Å². The summed E-state index contributed by atoms with van der Waals surface area (Å²) in [6, 6.07) is 0. The van der Waals surface area contributed by atoms with Crippen molar-refractivity contribution >= 4 is 35.5 Å². The molecular weight excluding hydrogens is 296 g/mol. The highest BCUT2D eigenvalue weighted by molar-refractivity contribution is 8.00. The standard InChI is InChI=1S/C14H24O4S2/c15-13(16)5-8-19-7-4-11-2-1-3-12(10-11)20-9-6-14(17)18/h11-12H,1-10H2,(H,15,16)(H,17,18). The minimum atomic E-state index is -0.718. The van der Waals surface area contributed by atoms with E-state index in [2.05, 4.69) is 0 Å². The van der Waals surface area contributed by atoms with Gasteiger partial charge >= 0.3 is 11.9 Å². The number of rotatable bonds is 10. The van der Waals surface area contributed by atoms with Crippen molar-refractivity contribution in [3.63, 3.8) is 0 Å². The van der Waals surface area contributed by atoms with E-state index in [1.807, 2.05) is 11.8 Å². The Labute approximate surface area is 129 Å². The molecule has 2 unspecified atom stereocenters. The summed E-state index contributed by atoms with van der Waals surface area (Å²) in [6.45, 7) is 0. The molecule has 0 spiro atoms. The van der Waals surface area contributed by atoms with Gasteiger partial charge < -0.3 is 10.2 Å². The van der Waals surface area contributed by atoms with E-state index in [4.69, 9.17) is 10.2 Å². The third-order valence-corrected chi connectivity index (χ3v) is 5.89. The second-order valence-electron chi connectivity index (χ2n) is 5.21. The average molecular weight is 320 g/mol. The van der Waals surface area contributed by atoms with Gasteiger partial charge in [-0.3, -0.25) is 9.59 Å². The molecule has 0 amide bonds. The van der Waals surface area contributed by atoms with Crippen LogP contribution in [-0.4, -0.2) is 44.7 Å². The highest BCUT2D eigenvalue weighted by Crippen LogP contribution is 2.34. The van der Waals surface area contributed by atoms with Crippen LogP contribution in [0.1, 0.15) is 44.9 Å². The van der Waals surface area contributed by atoms with Crippen molar-refractivity contribution in [2.45, 2.75) is 50.2 Å². The molecule has 2 atom stereocenters. The smallest absolute Gasteiger partial charge is 0.304 e. The lowest BCUT2D eigenvalue weighted by molar-refractivity contribution is -0.137. The maximum Gasteiger partial charge on any atom is 0.304 e. The van der Waals surface area contributed by atoms with Crippen LogP contribution >= 0.6 is 23.5 Å². The fourth-order valence-electron chi connectivity index (χ4n) is 2.48. The summed E-state index contributed by atoms with van der Waals surface area (Å²) >= 11 is 3.54. The van der Waals surface area contributed by atoms with Crippen molar-refractivity contribution in [3.8, 4) is 0 Å². The molecule has 0 saturated heterocycles. The number of aliphatic carboxylic acids is 2. The van der Waals surface area contributed by atoms with Gasteiger partial charge in [-0.25, -0.2) is 0 Å². The first-order valence-electron chi connectivity index (χ1n) is 7.21. The van der Waals surface area contributed by atoms with Gasteiger partial charge in [-0.1, -0.05) is 12.8 Å². The third kappa shape index (κ3) is 8.74. The van der Waals surface area contributed by atoms with Crippen molar-refractivity contribution in [1.82, 2.24) is 0 Å². The highest BCUT2D eigenvalue weighted by Gasteiger charge is 2.22. The zero-order chi connectivity index (χ0) is 14.8. The van der Waals surface area contributed by atoms with Crippen molar-refractivity contribution in [2.75, 3.05) is 17.3 Å². The van der Waals surface area contributed by atoms with Crippen LogP contribution in [0.3, 0.4) is 0 Å². The van der Waals surface area contributed by atoms with Crippen LogP contribution in [0.2, 0.25) is 0 Å². The van der Waals surface area contributed by atoms with E-state index in [0.717, 1.165) is 17.4 Å². The first-order chi connectivity index (χ1) is 9.58. The second-order valence-corrected chi connectivity index (χ2v) is 7.85. The Morgan fingerprint density at radius 3 is 2.40 bits per heavy atom. The zero-order valence-electron chi connectivity index (χ0n) is 11.8. The molecule has 0 aliphatic heterocycles. The number of hydrogen-bond donors (Lipinski definition) is 2. The van der Waals surface area contributed by atoms with E-state index >= 15 is 0 Å². The minimum Gasteiger partial charge on any atom is -0.481 e. The van der Waals surface area contributed by atoms with E-state index in [1.54, 1.807) is 11.8 Å². The van der Waals surface area contributed by atoms with Crippen molar-refractivity contribution in [1.29, 1.82) is 0 Å². The molecule has 0 bridgehead atoms. The number of carboxylic acids is 2. The summed E-state index contributed by atoms with van der Waals surface area (Å²) in [5.74, 6) is 1.79. The summed E-state index contributed by atoms with van der Waals surface area (Å²) in [6.07, 6.45) is 6.61. The average Bonchev–Trinajstić information content (AvgIpc) is 2.38. The summed E-state index contributed by atoms with van der Waals surface area (Å²) in [5.41, 5.74) is 0. The molecule has 2 N–H and O–H groups in total. The summed E-state index contributed by atoms with van der Waals surface area (Å²) in [5, 5.41) is 17.8. The van der Waals surface area contributed by atoms with Crippen LogP contribution in [0, 0.1) is 5.92 Å². The normalized spacial score (nSPS) is 22.6. The van der Waals surface area contributed by atoms with Gasteiger partial charge in [0.15, 0.2) is 0 Å². The van der Waals surface area contributed by atoms with Crippen molar-refractivity contribution in [3.05, 3.63) is 0 Å². The summed E-state index contributed by atoms with van der Waals surface area (Å²) in [7, 11) is 0. The molecular formula is C14H24O4S2. The van der Waals surface area contributed by atoms with Crippen molar-refractivity contribution in [2.24, 2.45) is 5.92 Å². The third-order valence-electron chi connectivity index (χ3n) is 3.53. The molecule has 0 aromatic heterocycles. The summed E-state index contributed by atoms with van der Waals surface area (Å²) in [4.78, 5) is 20.9. The van der Waals surface area contributed by atoms with Gasteiger partial charge in [-0.15, -0.1) is 0 Å². The molecule has 1 saturated carbocycles. The number of carboxylic acid groups (broad SMARTS) is 2. The van der Waals surface area contributed by atoms with E-state index in [-0.39, 0.29) is 12.8 Å². The molecule has 1 aliphatic carbocycles. The maximum absolute atomic E-state index is 10.5. The molecule has 116 valence electrons. The lowest BCUT2D eigenvalue weighted by Crippen LogP contribution is -2.18. The molecule has 0 aromatic carbocycles. The molecule has 0 aromatic rings. The van der Waals surface area contributed by atoms with E-state index in [1.165, 1.54) is 32.1 Å². The van der Waals surface area contributed by atoms with Gasteiger partial charge in [0.2, 0.25) is 0 Å². The van der Waals surface area contributed by atoms with Crippen LogP contribution < -0.4 is 0 Å². The number of hydrogen-bond acceptors (Lipinski definition) is 4. The molecule has 1 fully saturated rings. The van der Waals surface area contributed by atoms with Crippen LogP contribution in [-0.2, 0) is 9.59 Å². The van der Waals surface area contributed by atoms with E-state index in [0.29, 0.717) is 11.0 Å². The van der Waals surface area contributed by atoms with Crippen molar-refractivity contribution < 1.29 is 19.8 Å². The predicted octanol–water partition coefficient (Wildman–Crippen LogP) is 3.35. The lowest BCUT2D eigenvalue weighted by atomic mass is 9.87. The molecule has 0 radical (unpaired) electrons. The van der Waals surface area contributed by atoms with Crippen LogP contribution in [0.5, 0.6) is 0 Å². The molecule has 6 heteroatoms. The molecule has 0 heterocycles. The monoisotopic (exact) mass is 320 g/mol. The number of carbonyl (C=O) groups is 2. The van der Waals surface area contributed by atoms with Gasteiger partial charge in [-0.2, -0.15) is 23.5 Å². The van der Waals surface area contributed by atoms with Gasteiger partial charge in [0.1, 0.15) is 0 Å². The first kappa shape index (κ1) is 17.7. The van der Waals surface area contributed by atoms with E-state index in [9.17, 15) is 9.59 Å². The van der Waals surface area contributed by atoms with Crippen LogP contribution in [0.4, 0.5) is 0 Å². The maximum atomic E-state index is 10.5. The largest absolute Gasteiger partial charge is 0.481 e. The molecule has 1 aliphatic rings. The Balaban J connectivity index is 2.07. The Bertz CT molecular complexity index is 310. The second kappa shape index (κ2) is 10.4. The number of thioether (sulfide) groups is 2. The fourth-order valence-corrected chi connectivity index (χ4v) is 4.87. The van der Waals surface area contributed by atoms with Gasteiger partial charge in [0.25, 0.3) is 0 Å². The molecule has 1 rings (SSSR count). The fraction of sp³-hybridized carbons (Fsp3) is 0.857. The van der Waals surface area contributed by atoms with Gasteiger partial charge in [-0.05, 0) is 30.9 Å². The summed E-state index contributed by atoms with van der Waals surface area (Å²) < 4.78 is 0. The Morgan fingerprint density at radius 1 is 1.00 bits per heavy atom.